The molecular formula is C14H18F3N5. The van der Waals surface area contributed by atoms with Crippen LogP contribution in [0, 0.1) is 19.8 Å². The maximum atomic E-state index is 13.0. The van der Waals surface area contributed by atoms with Gasteiger partial charge in [-0.05, 0) is 32.6 Å². The van der Waals surface area contributed by atoms with Crippen LogP contribution in [0.3, 0.4) is 0 Å². The van der Waals surface area contributed by atoms with Gasteiger partial charge in [0.15, 0.2) is 11.5 Å². The predicted octanol–water partition coefficient (Wildman–Crippen LogP) is 3.00. The summed E-state index contributed by atoms with van der Waals surface area (Å²) in [5.74, 6) is 0.168. The molecular weight excluding hydrogens is 295 g/mol. The van der Waals surface area contributed by atoms with Gasteiger partial charge in [0.05, 0.1) is 0 Å². The topological polar surface area (TPSA) is 46.3 Å². The molecule has 0 radical (unpaired) electrons. The summed E-state index contributed by atoms with van der Waals surface area (Å²) < 4.78 is 39.9. The molecule has 0 saturated carbocycles. The zero-order valence-electron chi connectivity index (χ0n) is 12.8. The SMILES string of the molecule is Cc1c(N2CCC(C)CC2)nn2c(C(F)(F)F)nnc2c1C. The summed E-state index contributed by atoms with van der Waals surface area (Å²) >= 11 is 0. The summed E-state index contributed by atoms with van der Waals surface area (Å²) in [6, 6.07) is 0. The van der Waals surface area contributed by atoms with Crippen molar-refractivity contribution in [2.45, 2.75) is 39.8 Å². The fraction of sp³-hybridized carbons (Fsp3) is 0.643. The Balaban J connectivity index is 2.12. The van der Waals surface area contributed by atoms with Crippen LogP contribution in [0.4, 0.5) is 19.0 Å². The molecule has 2 aromatic heterocycles. The number of hydrogen-bond donors (Lipinski definition) is 0. The standard InChI is InChI=1S/C14H18F3N5/c1-8-4-6-21(7-5-8)12-10(3)9(2)11-18-19-13(14(15,16)17)22(11)20-12/h8H,4-7H2,1-3H3. The van der Waals surface area contributed by atoms with E-state index in [0.29, 0.717) is 17.3 Å². The highest BCUT2D eigenvalue weighted by atomic mass is 19.4. The van der Waals surface area contributed by atoms with Crippen LogP contribution in [0.1, 0.15) is 36.7 Å². The highest BCUT2D eigenvalue weighted by molar-refractivity contribution is 5.59. The predicted molar refractivity (Wildman–Crippen MR) is 75.9 cm³/mol. The Morgan fingerprint density at radius 3 is 2.27 bits per heavy atom. The molecule has 0 aromatic carbocycles. The van der Waals surface area contributed by atoms with Crippen LogP contribution in [0.25, 0.3) is 5.65 Å². The van der Waals surface area contributed by atoms with E-state index < -0.39 is 12.0 Å². The largest absolute Gasteiger partial charge is 0.453 e. The fourth-order valence-corrected chi connectivity index (χ4v) is 2.81. The molecule has 2 aromatic rings. The first-order valence-corrected chi connectivity index (χ1v) is 7.33. The van der Waals surface area contributed by atoms with Gasteiger partial charge in [0.2, 0.25) is 0 Å². The molecule has 0 aliphatic carbocycles. The van der Waals surface area contributed by atoms with Crippen LogP contribution < -0.4 is 4.90 Å². The lowest BCUT2D eigenvalue weighted by atomic mass is 9.99. The number of hydrogen-bond acceptors (Lipinski definition) is 4. The number of anilines is 1. The molecule has 120 valence electrons. The lowest BCUT2D eigenvalue weighted by molar-refractivity contribution is -0.146. The summed E-state index contributed by atoms with van der Waals surface area (Å²) in [6.45, 7) is 7.44. The first-order chi connectivity index (χ1) is 10.3. The lowest BCUT2D eigenvalue weighted by Crippen LogP contribution is -2.34. The Kier molecular flexibility index (Phi) is 3.49. The first-order valence-electron chi connectivity index (χ1n) is 7.33. The zero-order valence-corrected chi connectivity index (χ0v) is 12.8. The van der Waals surface area contributed by atoms with Gasteiger partial charge in [-0.1, -0.05) is 6.92 Å². The van der Waals surface area contributed by atoms with Crippen molar-refractivity contribution in [2.75, 3.05) is 18.0 Å². The first kappa shape index (κ1) is 15.1. The summed E-state index contributed by atoms with van der Waals surface area (Å²) in [4.78, 5) is 2.06. The number of nitrogens with zero attached hydrogens (tertiary/aromatic N) is 5. The minimum atomic E-state index is -4.57. The number of aryl methyl sites for hydroxylation is 1. The molecule has 3 rings (SSSR count). The molecule has 1 aliphatic rings. The van der Waals surface area contributed by atoms with Gasteiger partial charge in [0.1, 0.15) is 0 Å². The minimum absolute atomic E-state index is 0.166. The Morgan fingerprint density at radius 1 is 1.05 bits per heavy atom. The van der Waals surface area contributed by atoms with E-state index in [-0.39, 0.29) is 5.65 Å². The van der Waals surface area contributed by atoms with Crippen molar-refractivity contribution in [1.82, 2.24) is 19.8 Å². The second kappa shape index (κ2) is 5.10. The Morgan fingerprint density at radius 2 is 1.68 bits per heavy atom. The van der Waals surface area contributed by atoms with Crippen molar-refractivity contribution in [3.05, 3.63) is 17.0 Å². The van der Waals surface area contributed by atoms with Gasteiger partial charge in [-0.2, -0.15) is 17.7 Å². The molecule has 8 heteroatoms. The Hall–Kier alpha value is -1.86. The van der Waals surface area contributed by atoms with Crippen LogP contribution in [-0.2, 0) is 6.18 Å². The molecule has 0 bridgehead atoms. The summed E-state index contributed by atoms with van der Waals surface area (Å²) in [5, 5.41) is 11.1. The van der Waals surface area contributed by atoms with Gasteiger partial charge in [0, 0.05) is 24.2 Å². The van der Waals surface area contributed by atoms with Gasteiger partial charge in [-0.3, -0.25) is 0 Å². The van der Waals surface area contributed by atoms with Crippen molar-refractivity contribution < 1.29 is 13.2 Å². The van der Waals surface area contributed by atoms with E-state index >= 15 is 0 Å². The summed E-state index contributed by atoms with van der Waals surface area (Å²) in [5.41, 5.74) is 1.72. The van der Waals surface area contributed by atoms with Crippen LogP contribution in [-0.4, -0.2) is 32.9 Å². The van der Waals surface area contributed by atoms with Crippen molar-refractivity contribution >= 4 is 11.5 Å². The molecule has 22 heavy (non-hydrogen) atoms. The molecule has 5 nitrogen and oxygen atoms in total. The fourth-order valence-electron chi connectivity index (χ4n) is 2.81. The third kappa shape index (κ3) is 2.40. The normalized spacial score (nSPS) is 17.5. The molecule has 0 amide bonds. The van der Waals surface area contributed by atoms with E-state index in [4.69, 9.17) is 0 Å². The van der Waals surface area contributed by atoms with Gasteiger partial charge < -0.3 is 4.90 Å². The second-order valence-electron chi connectivity index (χ2n) is 6.00. The minimum Gasteiger partial charge on any atom is -0.355 e. The van der Waals surface area contributed by atoms with Crippen molar-refractivity contribution in [3.8, 4) is 0 Å². The van der Waals surface area contributed by atoms with Crippen LogP contribution in [0.5, 0.6) is 0 Å². The second-order valence-corrected chi connectivity index (χ2v) is 6.00. The van der Waals surface area contributed by atoms with E-state index in [1.807, 2.05) is 6.92 Å². The molecule has 3 heterocycles. The number of alkyl halides is 3. The summed E-state index contributed by atoms with van der Waals surface area (Å²) in [6.07, 6.45) is -2.53. The lowest BCUT2D eigenvalue weighted by Gasteiger charge is -2.32. The van der Waals surface area contributed by atoms with Gasteiger partial charge in [0.25, 0.3) is 5.82 Å². The van der Waals surface area contributed by atoms with Crippen molar-refractivity contribution in [3.63, 3.8) is 0 Å². The number of piperidine rings is 1. The van der Waals surface area contributed by atoms with Gasteiger partial charge >= 0.3 is 6.18 Å². The molecule has 1 saturated heterocycles. The van der Waals surface area contributed by atoms with Crippen molar-refractivity contribution in [2.24, 2.45) is 5.92 Å². The van der Waals surface area contributed by atoms with E-state index in [1.165, 1.54) is 0 Å². The van der Waals surface area contributed by atoms with E-state index in [1.54, 1.807) is 6.92 Å². The van der Waals surface area contributed by atoms with Gasteiger partial charge in [-0.25, -0.2) is 0 Å². The maximum Gasteiger partial charge on any atom is 0.453 e. The zero-order chi connectivity index (χ0) is 16.1. The molecule has 1 aliphatic heterocycles. The van der Waals surface area contributed by atoms with E-state index in [9.17, 15) is 13.2 Å². The summed E-state index contributed by atoms with van der Waals surface area (Å²) in [7, 11) is 0. The van der Waals surface area contributed by atoms with Crippen LogP contribution in [0.15, 0.2) is 0 Å². The van der Waals surface area contributed by atoms with E-state index in [2.05, 4.69) is 27.1 Å². The maximum absolute atomic E-state index is 13.0. The highest BCUT2D eigenvalue weighted by Crippen LogP contribution is 2.31. The molecule has 1 fully saturated rings. The molecule has 0 atom stereocenters. The van der Waals surface area contributed by atoms with Crippen molar-refractivity contribution in [1.29, 1.82) is 0 Å². The number of aromatic nitrogens is 4. The van der Waals surface area contributed by atoms with Crippen LogP contribution in [0.2, 0.25) is 0 Å². The molecule has 0 unspecified atom stereocenters. The average molecular weight is 313 g/mol. The van der Waals surface area contributed by atoms with Gasteiger partial charge in [-0.15, -0.1) is 15.3 Å². The number of halogens is 3. The third-order valence-electron chi connectivity index (χ3n) is 4.41. The molecule has 0 spiro atoms. The number of fused-ring (bicyclic) bond motifs is 1. The highest BCUT2D eigenvalue weighted by Gasteiger charge is 2.38. The monoisotopic (exact) mass is 313 g/mol. The number of rotatable bonds is 1. The Labute approximate surface area is 126 Å². The Bertz CT molecular complexity index is 699. The molecule has 0 N–H and O–H groups in total. The van der Waals surface area contributed by atoms with Crippen LogP contribution >= 0.6 is 0 Å². The van der Waals surface area contributed by atoms with E-state index in [0.717, 1.165) is 36.0 Å². The average Bonchev–Trinajstić information content (AvgIpc) is 2.88. The third-order valence-corrected chi connectivity index (χ3v) is 4.41. The quantitative estimate of drug-likeness (QED) is 0.812. The smallest absolute Gasteiger partial charge is 0.355 e.